The Morgan fingerprint density at radius 2 is 2.24 bits per heavy atom. The molecule has 4 nitrogen and oxygen atoms in total. The molecule has 0 aliphatic carbocycles. The molecule has 1 saturated heterocycles. The quantitative estimate of drug-likeness (QED) is 0.771. The van der Waals surface area contributed by atoms with Crippen LogP contribution in [0.3, 0.4) is 0 Å². The number of likely N-dealkylation sites (tertiary alicyclic amines) is 1. The Bertz CT molecular complexity index is 226. The Labute approximate surface area is 111 Å². The summed E-state index contributed by atoms with van der Waals surface area (Å²) in [6.45, 7) is 6.82. The molecule has 1 heterocycles. The number of nitrogens with zero attached hydrogens (tertiary/aromatic N) is 2. The van der Waals surface area contributed by atoms with Crippen LogP contribution < -0.4 is 5.32 Å². The molecule has 5 heteroatoms. The van der Waals surface area contributed by atoms with Crippen molar-refractivity contribution in [3.8, 4) is 0 Å². The molecule has 1 amide bonds. The van der Waals surface area contributed by atoms with Gasteiger partial charge in [0.05, 0.1) is 6.54 Å². The average Bonchev–Trinajstić information content (AvgIpc) is 2.67. The van der Waals surface area contributed by atoms with E-state index in [4.69, 9.17) is 0 Å². The largest absolute Gasteiger partial charge is 0.341 e. The Morgan fingerprint density at radius 3 is 2.82 bits per heavy atom. The van der Waals surface area contributed by atoms with Gasteiger partial charge in [0.15, 0.2) is 0 Å². The Hall–Kier alpha value is -0.320. The first-order valence-electron chi connectivity index (χ1n) is 6.28. The van der Waals surface area contributed by atoms with E-state index in [1.165, 1.54) is 6.42 Å². The summed E-state index contributed by atoms with van der Waals surface area (Å²) >= 11 is 0. The fraction of sp³-hybridized carbons (Fsp3) is 0.917. The molecule has 0 saturated carbocycles. The molecule has 1 unspecified atom stereocenters. The normalized spacial score (nSPS) is 19.5. The van der Waals surface area contributed by atoms with Gasteiger partial charge in [-0.3, -0.25) is 4.79 Å². The van der Waals surface area contributed by atoms with Crippen molar-refractivity contribution in [2.45, 2.75) is 19.8 Å². The molecule has 1 aliphatic heterocycles. The third-order valence-electron chi connectivity index (χ3n) is 3.14. The van der Waals surface area contributed by atoms with Crippen molar-refractivity contribution in [2.24, 2.45) is 5.92 Å². The van der Waals surface area contributed by atoms with Gasteiger partial charge in [-0.2, -0.15) is 0 Å². The van der Waals surface area contributed by atoms with Gasteiger partial charge in [0.2, 0.25) is 5.91 Å². The molecule has 0 radical (unpaired) electrons. The molecule has 0 aromatic rings. The molecule has 17 heavy (non-hydrogen) atoms. The van der Waals surface area contributed by atoms with Crippen LogP contribution in [0.2, 0.25) is 0 Å². The monoisotopic (exact) mass is 263 g/mol. The highest BCUT2D eigenvalue weighted by Crippen LogP contribution is 2.17. The van der Waals surface area contributed by atoms with Crippen LogP contribution in [0.15, 0.2) is 0 Å². The molecule has 1 N–H and O–H groups in total. The van der Waals surface area contributed by atoms with Gasteiger partial charge in [-0.05, 0) is 39.4 Å². The van der Waals surface area contributed by atoms with Crippen LogP contribution in [0, 0.1) is 5.92 Å². The lowest BCUT2D eigenvalue weighted by Gasteiger charge is -2.21. The topological polar surface area (TPSA) is 35.6 Å². The first kappa shape index (κ1) is 16.7. The van der Waals surface area contributed by atoms with E-state index in [0.29, 0.717) is 12.5 Å². The third kappa shape index (κ3) is 5.70. The van der Waals surface area contributed by atoms with Crippen molar-refractivity contribution in [1.82, 2.24) is 15.1 Å². The zero-order valence-corrected chi connectivity index (χ0v) is 12.1. The van der Waals surface area contributed by atoms with Crippen LogP contribution in [0.5, 0.6) is 0 Å². The summed E-state index contributed by atoms with van der Waals surface area (Å²) in [6.07, 6.45) is 2.36. The van der Waals surface area contributed by atoms with Gasteiger partial charge in [-0.15, -0.1) is 12.4 Å². The van der Waals surface area contributed by atoms with E-state index in [1.54, 1.807) is 0 Å². The van der Waals surface area contributed by atoms with E-state index < -0.39 is 0 Å². The fourth-order valence-corrected chi connectivity index (χ4v) is 2.39. The number of rotatable bonds is 6. The molecule has 0 spiro atoms. The van der Waals surface area contributed by atoms with Crippen LogP contribution >= 0.6 is 12.4 Å². The maximum atomic E-state index is 11.7. The number of hydrogen-bond acceptors (Lipinski definition) is 3. The number of carbonyl (C=O) groups excluding carboxylic acids is 1. The minimum Gasteiger partial charge on any atom is -0.341 e. The van der Waals surface area contributed by atoms with Crippen molar-refractivity contribution >= 4 is 18.3 Å². The number of carbonyl (C=O) groups is 1. The summed E-state index contributed by atoms with van der Waals surface area (Å²) in [6, 6.07) is 0. The Morgan fingerprint density at radius 1 is 1.53 bits per heavy atom. The molecule has 1 atom stereocenters. The highest BCUT2D eigenvalue weighted by molar-refractivity contribution is 5.85. The van der Waals surface area contributed by atoms with Crippen molar-refractivity contribution in [3.05, 3.63) is 0 Å². The Kier molecular flexibility index (Phi) is 8.56. The molecule has 0 aromatic carbocycles. The van der Waals surface area contributed by atoms with E-state index in [2.05, 4.69) is 24.2 Å². The molecule has 102 valence electrons. The third-order valence-corrected chi connectivity index (χ3v) is 3.14. The number of halogens is 1. The van der Waals surface area contributed by atoms with Gasteiger partial charge in [-0.1, -0.05) is 6.92 Å². The number of amides is 1. The molecule has 1 aliphatic rings. The first-order chi connectivity index (χ1) is 7.67. The van der Waals surface area contributed by atoms with Gasteiger partial charge < -0.3 is 15.1 Å². The second kappa shape index (κ2) is 8.72. The summed E-state index contributed by atoms with van der Waals surface area (Å²) in [4.78, 5) is 16.0. The van der Waals surface area contributed by atoms with E-state index >= 15 is 0 Å². The van der Waals surface area contributed by atoms with E-state index in [0.717, 1.165) is 32.6 Å². The van der Waals surface area contributed by atoms with E-state index in [9.17, 15) is 4.79 Å². The number of hydrogen-bond donors (Lipinski definition) is 1. The smallest absolute Gasteiger partial charge is 0.236 e. The maximum absolute atomic E-state index is 11.7. The molecular weight excluding hydrogens is 238 g/mol. The number of nitrogens with one attached hydrogen (secondary N) is 1. The lowest BCUT2D eigenvalue weighted by atomic mass is 10.1. The van der Waals surface area contributed by atoms with Crippen molar-refractivity contribution in [2.75, 3.05) is 46.8 Å². The van der Waals surface area contributed by atoms with Crippen LogP contribution in [0.25, 0.3) is 0 Å². The predicted octanol–water partition coefficient (Wildman–Crippen LogP) is 0.818. The minimum atomic E-state index is 0. The van der Waals surface area contributed by atoms with Crippen molar-refractivity contribution < 1.29 is 4.79 Å². The SMILES string of the molecule is CCCN(C)CC1CCN(C(=O)CNC)C1.Cl. The second-order valence-corrected chi connectivity index (χ2v) is 4.79. The van der Waals surface area contributed by atoms with E-state index in [1.807, 2.05) is 11.9 Å². The molecule has 1 fully saturated rings. The predicted molar refractivity (Wildman–Crippen MR) is 73.6 cm³/mol. The van der Waals surface area contributed by atoms with Crippen LogP contribution in [0.4, 0.5) is 0 Å². The van der Waals surface area contributed by atoms with Gasteiger partial charge in [-0.25, -0.2) is 0 Å². The van der Waals surface area contributed by atoms with Gasteiger partial charge in [0.25, 0.3) is 0 Å². The Balaban J connectivity index is 0.00000256. The van der Waals surface area contributed by atoms with Crippen LogP contribution in [-0.4, -0.2) is 62.5 Å². The highest BCUT2D eigenvalue weighted by atomic mass is 35.5. The highest BCUT2D eigenvalue weighted by Gasteiger charge is 2.26. The fourth-order valence-electron chi connectivity index (χ4n) is 2.39. The van der Waals surface area contributed by atoms with Crippen LogP contribution in [0.1, 0.15) is 19.8 Å². The van der Waals surface area contributed by atoms with E-state index in [-0.39, 0.29) is 18.3 Å². The first-order valence-corrected chi connectivity index (χ1v) is 6.28. The molecule has 1 rings (SSSR count). The average molecular weight is 264 g/mol. The van der Waals surface area contributed by atoms with Crippen molar-refractivity contribution in [1.29, 1.82) is 0 Å². The van der Waals surface area contributed by atoms with Gasteiger partial charge in [0, 0.05) is 19.6 Å². The summed E-state index contributed by atoms with van der Waals surface area (Å²) in [7, 11) is 3.99. The molecule has 0 aromatic heterocycles. The maximum Gasteiger partial charge on any atom is 0.236 e. The second-order valence-electron chi connectivity index (χ2n) is 4.79. The molecule has 0 bridgehead atoms. The minimum absolute atomic E-state index is 0. The number of likely N-dealkylation sites (N-methyl/N-ethyl adjacent to an activating group) is 1. The van der Waals surface area contributed by atoms with Gasteiger partial charge in [0.1, 0.15) is 0 Å². The van der Waals surface area contributed by atoms with Crippen LogP contribution in [-0.2, 0) is 4.79 Å². The summed E-state index contributed by atoms with van der Waals surface area (Å²) in [5, 5.41) is 2.92. The lowest BCUT2D eigenvalue weighted by molar-refractivity contribution is -0.129. The zero-order chi connectivity index (χ0) is 12.0. The summed E-state index contributed by atoms with van der Waals surface area (Å²) < 4.78 is 0. The zero-order valence-electron chi connectivity index (χ0n) is 11.2. The lowest BCUT2D eigenvalue weighted by Crippen LogP contribution is -2.36. The summed E-state index contributed by atoms with van der Waals surface area (Å²) in [5.74, 6) is 0.903. The molecular formula is C12H26ClN3O. The van der Waals surface area contributed by atoms with Crippen molar-refractivity contribution in [3.63, 3.8) is 0 Å². The summed E-state index contributed by atoms with van der Waals surface area (Å²) in [5.41, 5.74) is 0. The standard InChI is InChI=1S/C12H25N3O.ClH/c1-4-6-14(3)9-11-5-7-15(10-11)12(16)8-13-2;/h11,13H,4-10H2,1-3H3;1H. The van der Waals surface area contributed by atoms with Gasteiger partial charge >= 0.3 is 0 Å².